The van der Waals surface area contributed by atoms with E-state index >= 15 is 0 Å². The van der Waals surface area contributed by atoms with Gasteiger partial charge in [0.25, 0.3) is 0 Å². The van der Waals surface area contributed by atoms with E-state index in [1.54, 1.807) is 14.2 Å². The molecule has 0 aromatic heterocycles. The number of nitrogens with zero attached hydrogens (tertiary/aromatic N) is 1. The first-order valence-corrected chi connectivity index (χ1v) is 4.91. The van der Waals surface area contributed by atoms with Gasteiger partial charge in [-0.1, -0.05) is 6.42 Å². The number of nitrogens with one attached hydrogen (secondary N) is 1. The van der Waals surface area contributed by atoms with Crippen LogP contribution in [0.2, 0.25) is 0 Å². The van der Waals surface area contributed by atoms with Crippen molar-refractivity contribution >= 4 is 0 Å². The number of hydrogen-bond donors (Lipinski definition) is 1. The quantitative estimate of drug-likeness (QED) is 0.640. The molecule has 0 atom stereocenters. The summed E-state index contributed by atoms with van der Waals surface area (Å²) in [5.74, 6) is 0. The number of hydrazine groups is 1. The summed E-state index contributed by atoms with van der Waals surface area (Å²) in [5.41, 5.74) is 3.31. The zero-order chi connectivity index (χ0) is 9.52. The summed E-state index contributed by atoms with van der Waals surface area (Å²) in [6.07, 6.45) is 3.80. The lowest BCUT2D eigenvalue weighted by Gasteiger charge is -2.28. The van der Waals surface area contributed by atoms with Crippen LogP contribution < -0.4 is 5.43 Å². The molecule has 0 amide bonds. The van der Waals surface area contributed by atoms with Crippen LogP contribution in [0.1, 0.15) is 19.3 Å². The second-order valence-electron chi connectivity index (χ2n) is 3.31. The van der Waals surface area contributed by atoms with Gasteiger partial charge in [0.1, 0.15) is 0 Å². The minimum atomic E-state index is -0.137. The summed E-state index contributed by atoms with van der Waals surface area (Å²) in [6.45, 7) is 3.01. The van der Waals surface area contributed by atoms with Crippen LogP contribution in [0.3, 0.4) is 0 Å². The average Bonchev–Trinajstić information content (AvgIpc) is 2.21. The smallest absolute Gasteiger partial charge is 0.170 e. The maximum atomic E-state index is 5.08. The highest BCUT2D eigenvalue weighted by Gasteiger charge is 2.11. The molecule has 78 valence electrons. The third-order valence-corrected chi connectivity index (χ3v) is 2.36. The molecule has 1 rings (SSSR count). The average molecular weight is 188 g/mol. The van der Waals surface area contributed by atoms with E-state index in [1.165, 1.54) is 19.3 Å². The zero-order valence-corrected chi connectivity index (χ0v) is 8.58. The van der Waals surface area contributed by atoms with E-state index in [1.807, 2.05) is 0 Å². The van der Waals surface area contributed by atoms with Gasteiger partial charge in [0.2, 0.25) is 0 Å². The Labute approximate surface area is 80.2 Å². The van der Waals surface area contributed by atoms with Gasteiger partial charge in [-0.15, -0.1) is 0 Å². The second-order valence-corrected chi connectivity index (χ2v) is 3.31. The van der Waals surface area contributed by atoms with Gasteiger partial charge >= 0.3 is 0 Å². The van der Waals surface area contributed by atoms with Crippen molar-refractivity contribution in [2.45, 2.75) is 25.6 Å². The van der Waals surface area contributed by atoms with Crippen LogP contribution in [0.15, 0.2) is 0 Å². The van der Waals surface area contributed by atoms with Gasteiger partial charge in [-0.25, -0.2) is 5.01 Å². The highest BCUT2D eigenvalue weighted by molar-refractivity contribution is 4.61. The first-order valence-electron chi connectivity index (χ1n) is 4.91. The van der Waals surface area contributed by atoms with E-state index in [-0.39, 0.29) is 6.29 Å². The molecule has 1 saturated heterocycles. The van der Waals surface area contributed by atoms with Gasteiger partial charge in [0.15, 0.2) is 6.29 Å². The Morgan fingerprint density at radius 2 is 1.77 bits per heavy atom. The van der Waals surface area contributed by atoms with Gasteiger partial charge in [-0.3, -0.25) is 5.43 Å². The van der Waals surface area contributed by atoms with Crippen molar-refractivity contribution in [2.75, 3.05) is 33.9 Å². The highest BCUT2D eigenvalue weighted by atomic mass is 16.7. The summed E-state index contributed by atoms with van der Waals surface area (Å²) in [6, 6.07) is 0. The predicted molar refractivity (Wildman–Crippen MR) is 51.2 cm³/mol. The van der Waals surface area contributed by atoms with Crippen molar-refractivity contribution in [3.63, 3.8) is 0 Å². The third-order valence-electron chi connectivity index (χ3n) is 2.36. The summed E-state index contributed by atoms with van der Waals surface area (Å²) in [4.78, 5) is 0. The van der Waals surface area contributed by atoms with Crippen LogP contribution >= 0.6 is 0 Å². The van der Waals surface area contributed by atoms with Gasteiger partial charge < -0.3 is 9.47 Å². The fourth-order valence-corrected chi connectivity index (χ4v) is 1.52. The third kappa shape index (κ3) is 4.04. The standard InChI is InChI=1S/C9H20N2O2/c1-12-9(13-2)8-10-11-6-4-3-5-7-11/h9-10H,3-8H2,1-2H3. The molecule has 0 spiro atoms. The Balaban J connectivity index is 2.09. The molecule has 1 heterocycles. The maximum Gasteiger partial charge on any atom is 0.170 e. The van der Waals surface area contributed by atoms with Gasteiger partial charge in [0.05, 0.1) is 6.54 Å². The Hall–Kier alpha value is -0.160. The lowest BCUT2D eigenvalue weighted by atomic mass is 10.2. The van der Waals surface area contributed by atoms with E-state index < -0.39 is 0 Å². The zero-order valence-electron chi connectivity index (χ0n) is 8.58. The minimum absolute atomic E-state index is 0.137. The van der Waals surface area contributed by atoms with Crippen molar-refractivity contribution in [1.82, 2.24) is 10.4 Å². The second kappa shape index (κ2) is 6.32. The van der Waals surface area contributed by atoms with Crippen molar-refractivity contribution in [2.24, 2.45) is 0 Å². The topological polar surface area (TPSA) is 33.7 Å². The fraction of sp³-hybridized carbons (Fsp3) is 1.00. The molecule has 1 aliphatic heterocycles. The Morgan fingerprint density at radius 1 is 1.15 bits per heavy atom. The molecule has 1 fully saturated rings. The maximum absolute atomic E-state index is 5.08. The predicted octanol–water partition coefficient (Wildman–Crippen LogP) is 0.596. The van der Waals surface area contributed by atoms with Gasteiger partial charge in [0, 0.05) is 27.3 Å². The molecule has 1 aliphatic rings. The highest BCUT2D eigenvalue weighted by Crippen LogP contribution is 2.05. The molecule has 0 radical (unpaired) electrons. The molecular formula is C9H20N2O2. The van der Waals surface area contributed by atoms with E-state index in [0.29, 0.717) is 0 Å². The van der Waals surface area contributed by atoms with E-state index in [4.69, 9.17) is 9.47 Å². The Bertz CT molecular complexity index is 123. The lowest BCUT2D eigenvalue weighted by Crippen LogP contribution is -2.45. The number of rotatable bonds is 5. The van der Waals surface area contributed by atoms with Crippen LogP contribution in [0.4, 0.5) is 0 Å². The molecular weight excluding hydrogens is 168 g/mol. The lowest BCUT2D eigenvalue weighted by molar-refractivity contribution is -0.108. The molecule has 0 aromatic carbocycles. The molecule has 0 unspecified atom stereocenters. The number of hydrogen-bond acceptors (Lipinski definition) is 4. The van der Waals surface area contributed by atoms with Crippen LogP contribution in [-0.4, -0.2) is 45.2 Å². The molecule has 4 heteroatoms. The number of methoxy groups -OCH3 is 2. The minimum Gasteiger partial charge on any atom is -0.354 e. The van der Waals surface area contributed by atoms with Gasteiger partial charge in [-0.2, -0.15) is 0 Å². The van der Waals surface area contributed by atoms with E-state index in [9.17, 15) is 0 Å². The van der Waals surface area contributed by atoms with Crippen LogP contribution in [0, 0.1) is 0 Å². The molecule has 0 aromatic rings. The Kier molecular flexibility index (Phi) is 5.31. The molecule has 0 aliphatic carbocycles. The van der Waals surface area contributed by atoms with Crippen molar-refractivity contribution in [1.29, 1.82) is 0 Å². The van der Waals surface area contributed by atoms with E-state index in [0.717, 1.165) is 19.6 Å². The molecule has 4 nitrogen and oxygen atoms in total. The van der Waals surface area contributed by atoms with Crippen molar-refractivity contribution in [3.05, 3.63) is 0 Å². The molecule has 0 saturated carbocycles. The number of ether oxygens (including phenoxy) is 2. The molecule has 0 bridgehead atoms. The Morgan fingerprint density at radius 3 is 2.31 bits per heavy atom. The summed E-state index contributed by atoms with van der Waals surface area (Å²) < 4.78 is 10.2. The first-order chi connectivity index (χ1) is 6.36. The van der Waals surface area contributed by atoms with Gasteiger partial charge in [-0.05, 0) is 12.8 Å². The van der Waals surface area contributed by atoms with Crippen LogP contribution in [-0.2, 0) is 9.47 Å². The van der Waals surface area contributed by atoms with E-state index in [2.05, 4.69) is 10.4 Å². The summed E-state index contributed by atoms with van der Waals surface area (Å²) >= 11 is 0. The largest absolute Gasteiger partial charge is 0.354 e. The summed E-state index contributed by atoms with van der Waals surface area (Å²) in [7, 11) is 3.32. The normalized spacial score (nSPS) is 19.6. The molecule has 1 N–H and O–H groups in total. The molecule has 13 heavy (non-hydrogen) atoms. The summed E-state index contributed by atoms with van der Waals surface area (Å²) in [5, 5.41) is 2.24. The SMILES string of the molecule is COC(CNN1CCCCC1)OC. The first kappa shape index (κ1) is 10.9. The monoisotopic (exact) mass is 188 g/mol. The van der Waals surface area contributed by atoms with Crippen LogP contribution in [0.25, 0.3) is 0 Å². The fourth-order valence-electron chi connectivity index (χ4n) is 1.52. The van der Waals surface area contributed by atoms with Crippen LogP contribution in [0.5, 0.6) is 0 Å². The number of piperidine rings is 1. The van der Waals surface area contributed by atoms with Crippen molar-refractivity contribution < 1.29 is 9.47 Å². The van der Waals surface area contributed by atoms with Crippen molar-refractivity contribution in [3.8, 4) is 0 Å².